The number of carbonyl (C=O) groups is 1. The van der Waals surface area contributed by atoms with Crippen LogP contribution in [0, 0.1) is 0 Å². The van der Waals surface area contributed by atoms with Crippen molar-refractivity contribution in [1.82, 2.24) is 0 Å². The molecule has 0 amide bonds. The Bertz CT molecular complexity index is 636. The van der Waals surface area contributed by atoms with Crippen molar-refractivity contribution in [3.05, 3.63) is 54.1 Å². The lowest BCUT2D eigenvalue weighted by Crippen LogP contribution is -2.21. The maximum Gasteiger partial charge on any atom is 0.308 e. The van der Waals surface area contributed by atoms with Gasteiger partial charge in [-0.15, -0.1) is 0 Å². The average Bonchev–Trinajstić information content (AvgIpc) is 2.48. The van der Waals surface area contributed by atoms with E-state index in [0.717, 1.165) is 11.3 Å². The zero-order chi connectivity index (χ0) is 13.9. The summed E-state index contributed by atoms with van der Waals surface area (Å²) in [6.07, 6.45) is 0.346. The molecule has 0 spiro atoms. The molecule has 3 rings (SSSR count). The van der Waals surface area contributed by atoms with E-state index < -0.39 is 0 Å². The van der Waals surface area contributed by atoms with Gasteiger partial charge in [0.25, 0.3) is 0 Å². The minimum Gasteiger partial charge on any atom is -0.466 e. The molecule has 2 aromatic rings. The smallest absolute Gasteiger partial charge is 0.308 e. The first kappa shape index (κ1) is 12.7. The molecule has 1 heterocycles. The maximum atomic E-state index is 11.8. The van der Waals surface area contributed by atoms with E-state index in [2.05, 4.69) is 23.5 Å². The predicted molar refractivity (Wildman–Crippen MR) is 79.5 cm³/mol. The number of nitrogens with one attached hydrogen (secondary N) is 1. The van der Waals surface area contributed by atoms with E-state index in [-0.39, 0.29) is 12.0 Å². The van der Waals surface area contributed by atoms with E-state index >= 15 is 0 Å². The number of para-hydroxylation sites is 1. The highest BCUT2D eigenvalue weighted by atomic mass is 16.5. The Hall–Kier alpha value is -2.29. The van der Waals surface area contributed by atoms with Crippen LogP contribution in [0.25, 0.3) is 11.1 Å². The SMILES string of the molecule is CCOC(=O)CC1Nc2ccccc2-c2ccccc21. The average molecular weight is 267 g/mol. The molecule has 102 valence electrons. The van der Waals surface area contributed by atoms with Gasteiger partial charge in [0.05, 0.1) is 19.1 Å². The van der Waals surface area contributed by atoms with Gasteiger partial charge in [-0.05, 0) is 24.1 Å². The molecule has 0 saturated carbocycles. The summed E-state index contributed by atoms with van der Waals surface area (Å²) in [7, 11) is 0. The zero-order valence-corrected chi connectivity index (χ0v) is 11.4. The highest BCUT2D eigenvalue weighted by molar-refractivity contribution is 5.85. The molecule has 0 saturated heterocycles. The van der Waals surface area contributed by atoms with E-state index in [1.54, 1.807) is 0 Å². The zero-order valence-electron chi connectivity index (χ0n) is 11.4. The van der Waals surface area contributed by atoms with E-state index in [0.29, 0.717) is 13.0 Å². The monoisotopic (exact) mass is 267 g/mol. The summed E-state index contributed by atoms with van der Waals surface area (Å²) < 4.78 is 5.07. The van der Waals surface area contributed by atoms with Gasteiger partial charge in [0.2, 0.25) is 0 Å². The molecule has 1 aliphatic heterocycles. The van der Waals surface area contributed by atoms with Gasteiger partial charge >= 0.3 is 5.97 Å². The lowest BCUT2D eigenvalue weighted by Gasteiger charge is -2.29. The summed E-state index contributed by atoms with van der Waals surface area (Å²) in [5.41, 5.74) is 4.60. The van der Waals surface area contributed by atoms with E-state index in [9.17, 15) is 4.79 Å². The highest BCUT2D eigenvalue weighted by Gasteiger charge is 2.25. The number of benzene rings is 2. The van der Waals surface area contributed by atoms with Crippen LogP contribution in [0.4, 0.5) is 5.69 Å². The molecule has 1 N–H and O–H groups in total. The topological polar surface area (TPSA) is 38.3 Å². The Balaban J connectivity index is 1.98. The van der Waals surface area contributed by atoms with E-state index in [1.807, 2.05) is 37.3 Å². The molecular formula is C17H17NO2. The standard InChI is InChI=1S/C17H17NO2/c1-2-20-17(19)11-16-14-9-4-3-7-12(14)13-8-5-6-10-15(13)18-16/h3-10,16,18H,2,11H2,1H3. The number of hydrogen-bond donors (Lipinski definition) is 1. The molecule has 0 fully saturated rings. The van der Waals surface area contributed by atoms with Crippen molar-refractivity contribution in [3.63, 3.8) is 0 Å². The second-order valence-corrected chi connectivity index (χ2v) is 4.84. The van der Waals surface area contributed by atoms with Gasteiger partial charge in [0, 0.05) is 11.3 Å². The normalized spacial score (nSPS) is 15.8. The Morgan fingerprint density at radius 1 is 1.10 bits per heavy atom. The largest absolute Gasteiger partial charge is 0.466 e. The fraction of sp³-hybridized carbons (Fsp3) is 0.235. The highest BCUT2D eigenvalue weighted by Crippen LogP contribution is 2.41. The third kappa shape index (κ3) is 2.27. The lowest BCUT2D eigenvalue weighted by molar-refractivity contribution is -0.143. The first-order valence-corrected chi connectivity index (χ1v) is 6.90. The maximum absolute atomic E-state index is 11.8. The van der Waals surface area contributed by atoms with Crippen LogP contribution in [-0.2, 0) is 9.53 Å². The molecule has 0 aliphatic carbocycles. The summed E-state index contributed by atoms with van der Waals surface area (Å²) in [5, 5.41) is 3.44. The molecule has 20 heavy (non-hydrogen) atoms. The second-order valence-electron chi connectivity index (χ2n) is 4.84. The summed E-state index contributed by atoms with van der Waals surface area (Å²) in [6, 6.07) is 16.4. The number of ether oxygens (including phenoxy) is 1. The fourth-order valence-corrected chi connectivity index (χ4v) is 2.70. The first-order chi connectivity index (χ1) is 9.79. The van der Waals surface area contributed by atoms with Crippen molar-refractivity contribution in [2.24, 2.45) is 0 Å². The van der Waals surface area contributed by atoms with Crippen LogP contribution >= 0.6 is 0 Å². The number of rotatable bonds is 3. The van der Waals surface area contributed by atoms with Gasteiger partial charge in [0.1, 0.15) is 0 Å². The van der Waals surface area contributed by atoms with Gasteiger partial charge in [-0.1, -0.05) is 42.5 Å². The molecule has 0 radical (unpaired) electrons. The van der Waals surface area contributed by atoms with Crippen LogP contribution in [0.2, 0.25) is 0 Å². The minimum atomic E-state index is -0.167. The minimum absolute atomic E-state index is 0.0276. The van der Waals surface area contributed by atoms with Crippen molar-refractivity contribution >= 4 is 11.7 Å². The Morgan fingerprint density at radius 2 is 1.80 bits per heavy atom. The summed E-state index contributed by atoms with van der Waals surface area (Å²) in [5.74, 6) is -0.167. The van der Waals surface area contributed by atoms with Gasteiger partial charge in [0.15, 0.2) is 0 Å². The van der Waals surface area contributed by atoms with Crippen molar-refractivity contribution < 1.29 is 9.53 Å². The Labute approximate surface area is 118 Å². The Kier molecular flexibility index (Phi) is 3.42. The van der Waals surface area contributed by atoms with Crippen molar-refractivity contribution in [2.75, 3.05) is 11.9 Å². The number of fused-ring (bicyclic) bond motifs is 3. The molecule has 1 aliphatic rings. The third-order valence-corrected chi connectivity index (χ3v) is 3.56. The second kappa shape index (κ2) is 5.37. The molecule has 3 nitrogen and oxygen atoms in total. The summed E-state index contributed by atoms with van der Waals surface area (Å²) in [4.78, 5) is 11.8. The third-order valence-electron chi connectivity index (χ3n) is 3.56. The molecule has 0 bridgehead atoms. The van der Waals surface area contributed by atoms with Crippen molar-refractivity contribution in [3.8, 4) is 11.1 Å². The van der Waals surface area contributed by atoms with E-state index in [1.165, 1.54) is 11.1 Å². The number of hydrogen-bond acceptors (Lipinski definition) is 3. The Morgan fingerprint density at radius 3 is 2.60 bits per heavy atom. The fourth-order valence-electron chi connectivity index (χ4n) is 2.70. The molecule has 0 aromatic heterocycles. The van der Waals surface area contributed by atoms with Crippen molar-refractivity contribution in [2.45, 2.75) is 19.4 Å². The number of anilines is 1. The van der Waals surface area contributed by atoms with E-state index in [4.69, 9.17) is 4.74 Å². The quantitative estimate of drug-likeness (QED) is 0.860. The van der Waals surface area contributed by atoms with Gasteiger partial charge in [-0.3, -0.25) is 4.79 Å². The van der Waals surface area contributed by atoms with Gasteiger partial charge in [-0.25, -0.2) is 0 Å². The van der Waals surface area contributed by atoms with Crippen LogP contribution in [0.5, 0.6) is 0 Å². The van der Waals surface area contributed by atoms with Crippen LogP contribution < -0.4 is 5.32 Å². The van der Waals surface area contributed by atoms with Crippen molar-refractivity contribution in [1.29, 1.82) is 0 Å². The molecule has 3 heteroatoms. The first-order valence-electron chi connectivity index (χ1n) is 6.90. The molecular weight excluding hydrogens is 250 g/mol. The number of carbonyl (C=O) groups excluding carboxylic acids is 1. The van der Waals surface area contributed by atoms with Gasteiger partial charge < -0.3 is 10.1 Å². The van der Waals surface area contributed by atoms with Crippen LogP contribution in [0.3, 0.4) is 0 Å². The van der Waals surface area contributed by atoms with Crippen LogP contribution in [0.15, 0.2) is 48.5 Å². The molecule has 1 atom stereocenters. The number of esters is 1. The van der Waals surface area contributed by atoms with Crippen LogP contribution in [0.1, 0.15) is 24.9 Å². The summed E-state index contributed by atoms with van der Waals surface area (Å²) in [6.45, 7) is 2.25. The van der Waals surface area contributed by atoms with Crippen LogP contribution in [-0.4, -0.2) is 12.6 Å². The molecule has 2 aromatic carbocycles. The molecule has 1 unspecified atom stereocenters. The van der Waals surface area contributed by atoms with Gasteiger partial charge in [-0.2, -0.15) is 0 Å². The lowest BCUT2D eigenvalue weighted by atomic mass is 9.88. The predicted octanol–water partition coefficient (Wildman–Crippen LogP) is 3.77. The summed E-state index contributed by atoms with van der Waals surface area (Å²) >= 11 is 0.